The normalized spacial score (nSPS) is 24.6. The standard InChI is InChI=1S/C17H24N2O/c18-10-15-5-2-6-16(15)11-19-17(20)14-8-7-12-3-1-4-13(12)9-14/h7-9,15-16H,1-6,10-11,18H2,(H,19,20). The van der Waals surface area contributed by atoms with Crippen LogP contribution >= 0.6 is 0 Å². The monoisotopic (exact) mass is 272 g/mol. The van der Waals surface area contributed by atoms with E-state index in [9.17, 15) is 4.79 Å². The van der Waals surface area contributed by atoms with Gasteiger partial charge in [0.15, 0.2) is 0 Å². The number of hydrogen-bond acceptors (Lipinski definition) is 2. The van der Waals surface area contributed by atoms with Gasteiger partial charge in [-0.1, -0.05) is 12.5 Å². The fraction of sp³-hybridized carbons (Fsp3) is 0.588. The SMILES string of the molecule is NCC1CCCC1CNC(=O)c1ccc2c(c1)CCC2. The number of fused-ring (bicyclic) bond motifs is 1. The second kappa shape index (κ2) is 5.96. The summed E-state index contributed by atoms with van der Waals surface area (Å²) in [7, 11) is 0. The maximum Gasteiger partial charge on any atom is 0.251 e. The third-order valence-corrected chi connectivity index (χ3v) is 5.00. The van der Waals surface area contributed by atoms with Crippen LogP contribution < -0.4 is 11.1 Å². The molecule has 0 radical (unpaired) electrons. The number of nitrogens with two attached hydrogens (primary N) is 1. The molecule has 20 heavy (non-hydrogen) atoms. The minimum Gasteiger partial charge on any atom is -0.352 e. The molecular weight excluding hydrogens is 248 g/mol. The number of nitrogens with one attached hydrogen (secondary N) is 1. The smallest absolute Gasteiger partial charge is 0.251 e. The van der Waals surface area contributed by atoms with Crippen LogP contribution in [0.3, 0.4) is 0 Å². The first-order valence-corrected chi connectivity index (χ1v) is 7.88. The van der Waals surface area contributed by atoms with E-state index < -0.39 is 0 Å². The minimum atomic E-state index is 0.0716. The van der Waals surface area contributed by atoms with Gasteiger partial charge in [-0.2, -0.15) is 0 Å². The molecule has 2 aliphatic rings. The molecule has 1 amide bonds. The van der Waals surface area contributed by atoms with E-state index in [1.54, 1.807) is 0 Å². The summed E-state index contributed by atoms with van der Waals surface area (Å²) in [6.45, 7) is 1.52. The second-order valence-electron chi connectivity index (χ2n) is 6.23. The molecule has 1 saturated carbocycles. The van der Waals surface area contributed by atoms with Crippen molar-refractivity contribution in [1.82, 2.24) is 5.32 Å². The first kappa shape index (κ1) is 13.6. The quantitative estimate of drug-likeness (QED) is 0.883. The summed E-state index contributed by atoms with van der Waals surface area (Å²) in [6, 6.07) is 6.16. The molecule has 3 nitrogen and oxygen atoms in total. The van der Waals surface area contributed by atoms with Gasteiger partial charge in [-0.15, -0.1) is 0 Å². The Bertz CT molecular complexity index is 498. The van der Waals surface area contributed by atoms with Crippen LogP contribution in [-0.4, -0.2) is 19.0 Å². The zero-order valence-corrected chi connectivity index (χ0v) is 12.0. The maximum atomic E-state index is 12.3. The van der Waals surface area contributed by atoms with E-state index in [1.165, 1.54) is 36.8 Å². The Morgan fingerprint density at radius 2 is 1.95 bits per heavy atom. The topological polar surface area (TPSA) is 55.1 Å². The van der Waals surface area contributed by atoms with Crippen molar-refractivity contribution in [2.75, 3.05) is 13.1 Å². The summed E-state index contributed by atoms with van der Waals surface area (Å²) < 4.78 is 0. The molecule has 3 heteroatoms. The Labute approximate surface area is 120 Å². The second-order valence-corrected chi connectivity index (χ2v) is 6.23. The van der Waals surface area contributed by atoms with Crippen LogP contribution in [0.5, 0.6) is 0 Å². The average Bonchev–Trinajstić information content (AvgIpc) is 3.12. The Kier molecular flexibility index (Phi) is 4.06. The number of carbonyl (C=O) groups excluding carboxylic acids is 1. The van der Waals surface area contributed by atoms with Crippen molar-refractivity contribution in [1.29, 1.82) is 0 Å². The van der Waals surface area contributed by atoms with E-state index >= 15 is 0 Å². The fourth-order valence-corrected chi connectivity index (χ4v) is 3.73. The van der Waals surface area contributed by atoms with Gasteiger partial charge in [0.05, 0.1) is 0 Å². The van der Waals surface area contributed by atoms with Gasteiger partial charge < -0.3 is 11.1 Å². The van der Waals surface area contributed by atoms with Crippen molar-refractivity contribution < 1.29 is 4.79 Å². The minimum absolute atomic E-state index is 0.0716. The lowest BCUT2D eigenvalue weighted by Crippen LogP contribution is -2.32. The van der Waals surface area contributed by atoms with E-state index in [2.05, 4.69) is 17.4 Å². The van der Waals surface area contributed by atoms with Crippen LogP contribution in [0.15, 0.2) is 18.2 Å². The van der Waals surface area contributed by atoms with E-state index in [0.29, 0.717) is 11.8 Å². The van der Waals surface area contributed by atoms with Crippen LogP contribution in [0, 0.1) is 11.8 Å². The molecule has 0 bridgehead atoms. The molecule has 2 aliphatic carbocycles. The van der Waals surface area contributed by atoms with Gasteiger partial charge in [0, 0.05) is 12.1 Å². The number of aryl methyl sites for hydroxylation is 2. The highest BCUT2D eigenvalue weighted by atomic mass is 16.1. The summed E-state index contributed by atoms with van der Waals surface area (Å²) in [6.07, 6.45) is 7.18. The molecule has 1 aromatic carbocycles. The molecule has 0 aromatic heterocycles. The fourth-order valence-electron chi connectivity index (χ4n) is 3.73. The van der Waals surface area contributed by atoms with Crippen molar-refractivity contribution in [3.05, 3.63) is 34.9 Å². The lowest BCUT2D eigenvalue weighted by atomic mass is 9.96. The predicted octanol–water partition coefficient (Wildman–Crippen LogP) is 2.28. The lowest BCUT2D eigenvalue weighted by Gasteiger charge is -2.18. The van der Waals surface area contributed by atoms with E-state index in [1.807, 2.05) is 6.07 Å². The van der Waals surface area contributed by atoms with Crippen LogP contribution in [0.2, 0.25) is 0 Å². The number of hydrogen-bond donors (Lipinski definition) is 2. The Morgan fingerprint density at radius 1 is 1.15 bits per heavy atom. The summed E-state index contributed by atoms with van der Waals surface area (Å²) in [5, 5.41) is 3.10. The molecule has 0 aliphatic heterocycles. The molecule has 3 N–H and O–H groups in total. The molecule has 108 valence electrons. The summed E-state index contributed by atoms with van der Waals surface area (Å²) in [5.74, 6) is 1.23. The van der Waals surface area contributed by atoms with Crippen molar-refractivity contribution in [2.24, 2.45) is 17.6 Å². The third-order valence-electron chi connectivity index (χ3n) is 5.00. The van der Waals surface area contributed by atoms with Gasteiger partial charge in [-0.25, -0.2) is 0 Å². The summed E-state index contributed by atoms with van der Waals surface area (Å²) in [5.41, 5.74) is 9.38. The first-order chi connectivity index (χ1) is 9.78. The number of benzene rings is 1. The largest absolute Gasteiger partial charge is 0.352 e. The summed E-state index contributed by atoms with van der Waals surface area (Å²) in [4.78, 5) is 12.3. The molecule has 0 saturated heterocycles. The third kappa shape index (κ3) is 2.73. The van der Waals surface area contributed by atoms with Crippen LogP contribution in [0.4, 0.5) is 0 Å². The zero-order valence-electron chi connectivity index (χ0n) is 12.0. The van der Waals surface area contributed by atoms with Gasteiger partial charge >= 0.3 is 0 Å². The zero-order chi connectivity index (χ0) is 13.9. The van der Waals surface area contributed by atoms with Crippen molar-refractivity contribution in [3.8, 4) is 0 Å². The average molecular weight is 272 g/mol. The predicted molar refractivity (Wildman–Crippen MR) is 80.7 cm³/mol. The highest BCUT2D eigenvalue weighted by Crippen LogP contribution is 2.30. The number of carbonyl (C=O) groups is 1. The highest BCUT2D eigenvalue weighted by molar-refractivity contribution is 5.94. The molecule has 0 heterocycles. The molecular formula is C17H24N2O. The van der Waals surface area contributed by atoms with Crippen molar-refractivity contribution in [2.45, 2.75) is 38.5 Å². The van der Waals surface area contributed by atoms with Gasteiger partial charge in [0.1, 0.15) is 0 Å². The van der Waals surface area contributed by atoms with Crippen molar-refractivity contribution in [3.63, 3.8) is 0 Å². The van der Waals surface area contributed by atoms with Crippen LogP contribution in [0.1, 0.15) is 47.2 Å². The van der Waals surface area contributed by atoms with Gasteiger partial charge in [0.2, 0.25) is 0 Å². The first-order valence-electron chi connectivity index (χ1n) is 7.88. The summed E-state index contributed by atoms with van der Waals surface area (Å²) >= 11 is 0. The van der Waals surface area contributed by atoms with E-state index in [4.69, 9.17) is 5.73 Å². The number of rotatable bonds is 4. The molecule has 1 aromatic rings. The van der Waals surface area contributed by atoms with Gasteiger partial charge in [-0.3, -0.25) is 4.79 Å². The van der Waals surface area contributed by atoms with Gasteiger partial charge in [-0.05, 0) is 73.7 Å². The lowest BCUT2D eigenvalue weighted by molar-refractivity contribution is 0.0944. The Hall–Kier alpha value is -1.35. The van der Waals surface area contributed by atoms with E-state index in [-0.39, 0.29) is 5.91 Å². The van der Waals surface area contributed by atoms with E-state index in [0.717, 1.165) is 31.5 Å². The van der Waals surface area contributed by atoms with Gasteiger partial charge in [0.25, 0.3) is 5.91 Å². The van der Waals surface area contributed by atoms with Crippen molar-refractivity contribution >= 4 is 5.91 Å². The Balaban J connectivity index is 1.59. The molecule has 1 fully saturated rings. The maximum absolute atomic E-state index is 12.3. The van der Waals surface area contributed by atoms with Crippen LogP contribution in [-0.2, 0) is 12.8 Å². The molecule has 2 unspecified atom stereocenters. The Morgan fingerprint density at radius 3 is 2.80 bits per heavy atom. The van der Waals surface area contributed by atoms with Crippen LogP contribution in [0.25, 0.3) is 0 Å². The molecule has 2 atom stereocenters. The molecule has 3 rings (SSSR count). The molecule has 0 spiro atoms. The highest BCUT2D eigenvalue weighted by Gasteiger charge is 2.26. The number of amides is 1.